The lowest BCUT2D eigenvalue weighted by Gasteiger charge is -2.18. The van der Waals surface area contributed by atoms with Crippen LogP contribution in [-0.2, 0) is 19.1 Å². The maximum Gasteiger partial charge on any atom is 0.326 e. The fourth-order valence-corrected chi connectivity index (χ4v) is 7.51. The highest BCUT2D eigenvalue weighted by Gasteiger charge is 2.19. The van der Waals surface area contributed by atoms with Crippen molar-refractivity contribution in [2.45, 2.75) is 270 Å². The summed E-state index contributed by atoms with van der Waals surface area (Å²) in [6, 6.07) is -0.858. The van der Waals surface area contributed by atoms with Crippen LogP contribution < -0.4 is 11.1 Å². The third-order valence-electron chi connectivity index (χ3n) is 11.2. The van der Waals surface area contributed by atoms with Crippen LogP contribution in [0.4, 0.5) is 0 Å². The lowest BCUT2D eigenvalue weighted by atomic mass is 10.0. The number of esters is 1. The van der Waals surface area contributed by atoms with E-state index >= 15 is 0 Å². The van der Waals surface area contributed by atoms with Crippen LogP contribution in [0, 0.1) is 0 Å². The van der Waals surface area contributed by atoms with Crippen molar-refractivity contribution in [2.75, 3.05) is 6.54 Å². The van der Waals surface area contributed by atoms with Crippen LogP contribution >= 0.6 is 0 Å². The van der Waals surface area contributed by atoms with Gasteiger partial charge in [0.2, 0.25) is 5.91 Å². The van der Waals surface area contributed by atoms with Crippen LogP contribution in [0.3, 0.4) is 0 Å². The quantitative estimate of drug-likeness (QED) is 0.0320. The molecule has 0 aromatic carbocycles. The van der Waals surface area contributed by atoms with Crippen molar-refractivity contribution in [3.63, 3.8) is 0 Å². The Bertz CT molecular complexity index is 951. The zero-order valence-electron chi connectivity index (χ0n) is 37.7. The van der Waals surface area contributed by atoms with E-state index < -0.39 is 12.0 Å². The number of ether oxygens (including phenoxy) is 1. The van der Waals surface area contributed by atoms with E-state index in [0.717, 1.165) is 70.6 Å². The molecule has 0 fully saturated rings. The van der Waals surface area contributed by atoms with Crippen molar-refractivity contribution in [3.8, 4) is 0 Å². The number of unbranched alkanes of at least 4 members (excludes halogenated alkanes) is 27. The van der Waals surface area contributed by atoms with Gasteiger partial charge in [-0.05, 0) is 103 Å². The predicted octanol–water partition coefficient (Wildman–Crippen LogP) is 14.4. The van der Waals surface area contributed by atoms with Crippen molar-refractivity contribution >= 4 is 17.8 Å². The normalized spacial score (nSPS) is 12.8. The van der Waals surface area contributed by atoms with Crippen LogP contribution in [0.2, 0.25) is 0 Å². The summed E-state index contributed by atoms with van der Waals surface area (Å²) in [5.41, 5.74) is 5.49. The molecular formula is C50H94N2O5. The van der Waals surface area contributed by atoms with Gasteiger partial charge in [-0.25, -0.2) is 4.79 Å². The van der Waals surface area contributed by atoms with Gasteiger partial charge < -0.3 is 20.9 Å². The Balaban J connectivity index is 4.30. The monoisotopic (exact) mass is 803 g/mol. The summed E-state index contributed by atoms with van der Waals surface area (Å²) in [4.78, 5) is 36.5. The zero-order valence-corrected chi connectivity index (χ0v) is 37.7. The molecule has 0 aromatic heterocycles. The Morgan fingerprint density at radius 2 is 0.877 bits per heavy atom. The molecule has 0 aliphatic carbocycles. The number of carboxylic acid groups (broad SMARTS) is 1. The molecule has 0 saturated carbocycles. The van der Waals surface area contributed by atoms with Crippen molar-refractivity contribution < 1.29 is 24.2 Å². The molecule has 0 heterocycles. The molecule has 7 nitrogen and oxygen atoms in total. The molecule has 0 bridgehead atoms. The van der Waals surface area contributed by atoms with Crippen molar-refractivity contribution in [2.24, 2.45) is 5.73 Å². The molecule has 4 N–H and O–H groups in total. The summed E-state index contributed by atoms with van der Waals surface area (Å²) in [6.07, 6.45) is 52.3. The molecular weight excluding hydrogens is 709 g/mol. The molecule has 2 unspecified atom stereocenters. The number of aliphatic carboxylic acids is 1. The van der Waals surface area contributed by atoms with Crippen LogP contribution in [0.25, 0.3) is 0 Å². The summed E-state index contributed by atoms with van der Waals surface area (Å²) in [5.74, 6) is -1.24. The molecule has 0 spiro atoms. The first-order valence-corrected chi connectivity index (χ1v) is 24.7. The topological polar surface area (TPSA) is 119 Å². The minimum Gasteiger partial charge on any atom is -0.480 e. The Hall–Kier alpha value is -2.15. The van der Waals surface area contributed by atoms with Gasteiger partial charge in [0.15, 0.2) is 0 Å². The molecule has 2 atom stereocenters. The maximum absolute atomic E-state index is 12.9. The Morgan fingerprint density at radius 3 is 1.33 bits per heavy atom. The number of allylic oxidation sites excluding steroid dienone is 4. The molecule has 334 valence electrons. The Kier molecular flexibility index (Phi) is 43.2. The van der Waals surface area contributed by atoms with Gasteiger partial charge in [0.05, 0.1) is 0 Å². The van der Waals surface area contributed by atoms with Crippen LogP contribution in [0.1, 0.15) is 258 Å². The van der Waals surface area contributed by atoms with Gasteiger partial charge in [0.25, 0.3) is 0 Å². The molecule has 0 saturated heterocycles. The number of amides is 1. The van der Waals surface area contributed by atoms with Crippen LogP contribution in [0.15, 0.2) is 24.3 Å². The predicted molar refractivity (Wildman–Crippen MR) is 244 cm³/mol. The first-order chi connectivity index (χ1) is 27.9. The van der Waals surface area contributed by atoms with E-state index in [-0.39, 0.29) is 18.0 Å². The number of hydrogen-bond donors (Lipinski definition) is 3. The molecule has 0 radical (unpaired) electrons. The average Bonchev–Trinajstić information content (AvgIpc) is 3.20. The largest absolute Gasteiger partial charge is 0.480 e. The second kappa shape index (κ2) is 44.9. The number of nitrogens with one attached hydrogen (secondary N) is 1. The Morgan fingerprint density at radius 1 is 0.491 bits per heavy atom. The maximum atomic E-state index is 12.9. The third-order valence-corrected chi connectivity index (χ3v) is 11.2. The van der Waals surface area contributed by atoms with Crippen molar-refractivity contribution in [1.82, 2.24) is 5.32 Å². The van der Waals surface area contributed by atoms with E-state index in [2.05, 4.69) is 43.5 Å². The van der Waals surface area contributed by atoms with Gasteiger partial charge in [0, 0.05) is 12.8 Å². The summed E-state index contributed by atoms with van der Waals surface area (Å²) < 4.78 is 6.06. The van der Waals surface area contributed by atoms with Gasteiger partial charge >= 0.3 is 11.9 Å². The van der Waals surface area contributed by atoms with Gasteiger partial charge in [-0.3, -0.25) is 9.59 Å². The number of carbonyl (C=O) groups excluding carboxylic acids is 2. The number of hydrogen-bond acceptors (Lipinski definition) is 5. The number of nitrogens with two attached hydrogens (primary N) is 1. The summed E-state index contributed by atoms with van der Waals surface area (Å²) in [6.45, 7) is 4.96. The number of rotatable bonds is 45. The van der Waals surface area contributed by atoms with E-state index in [1.807, 2.05) is 0 Å². The summed E-state index contributed by atoms with van der Waals surface area (Å²) in [7, 11) is 0. The standard InChI is InChI=1S/C50H94N2O5/c1-3-5-7-9-11-13-15-17-18-19-20-21-23-25-27-29-34-38-44-49(54)57-46(40-35-31-28-26-24-22-16-14-12-10-8-6-4-2)41-36-32-30-33-37-43-48(53)52-47(50(55)56)42-39-45-51/h18-19,26,28,46-47H,3-17,20-25,27,29-45,51H2,1-2H3,(H,52,53)(H,55,56)/b19-18-,28-26-. The van der Waals surface area contributed by atoms with Crippen molar-refractivity contribution in [1.29, 1.82) is 0 Å². The summed E-state index contributed by atoms with van der Waals surface area (Å²) in [5, 5.41) is 12.0. The molecule has 57 heavy (non-hydrogen) atoms. The third kappa shape index (κ3) is 41.8. The lowest BCUT2D eigenvalue weighted by molar-refractivity contribution is -0.150. The SMILES string of the molecule is CCCCCCCCC/C=C\CCCCCCCCCC(=O)OC(CCC/C=C\CCCCCCCCCC)CCCCCCCC(=O)NC(CCCN)C(=O)O. The fraction of sp³-hybridized carbons (Fsp3) is 0.860. The highest BCUT2D eigenvalue weighted by Crippen LogP contribution is 2.18. The molecule has 0 aliphatic heterocycles. The van der Waals surface area contributed by atoms with Crippen molar-refractivity contribution in [3.05, 3.63) is 24.3 Å². The number of carboxylic acids is 1. The second-order valence-electron chi connectivity index (χ2n) is 16.9. The van der Waals surface area contributed by atoms with Gasteiger partial charge in [0.1, 0.15) is 12.1 Å². The second-order valence-corrected chi connectivity index (χ2v) is 16.9. The lowest BCUT2D eigenvalue weighted by Crippen LogP contribution is -2.40. The van der Waals surface area contributed by atoms with Crippen LogP contribution in [-0.4, -0.2) is 41.6 Å². The minimum absolute atomic E-state index is 0.0181. The highest BCUT2D eigenvalue weighted by atomic mass is 16.5. The van der Waals surface area contributed by atoms with E-state index in [1.54, 1.807) is 0 Å². The zero-order chi connectivity index (χ0) is 41.7. The molecule has 1 amide bonds. The fourth-order valence-electron chi connectivity index (χ4n) is 7.51. The molecule has 0 aromatic rings. The van der Waals surface area contributed by atoms with Gasteiger partial charge in [-0.15, -0.1) is 0 Å². The van der Waals surface area contributed by atoms with E-state index in [0.29, 0.717) is 32.2 Å². The first-order valence-electron chi connectivity index (χ1n) is 24.7. The number of carbonyl (C=O) groups is 3. The van der Waals surface area contributed by atoms with Gasteiger partial charge in [-0.2, -0.15) is 0 Å². The minimum atomic E-state index is -1.00. The first kappa shape index (κ1) is 54.9. The van der Waals surface area contributed by atoms with Crippen LogP contribution in [0.5, 0.6) is 0 Å². The average molecular weight is 803 g/mol. The molecule has 7 heteroatoms. The molecule has 0 aliphatic rings. The molecule has 0 rings (SSSR count). The van der Waals surface area contributed by atoms with E-state index in [1.165, 1.54) is 148 Å². The van der Waals surface area contributed by atoms with E-state index in [9.17, 15) is 19.5 Å². The smallest absolute Gasteiger partial charge is 0.326 e. The van der Waals surface area contributed by atoms with Gasteiger partial charge in [-0.1, -0.05) is 173 Å². The van der Waals surface area contributed by atoms with E-state index in [4.69, 9.17) is 10.5 Å². The summed E-state index contributed by atoms with van der Waals surface area (Å²) >= 11 is 0. The Labute approximate surface area is 353 Å². The highest BCUT2D eigenvalue weighted by molar-refractivity contribution is 5.83.